The van der Waals surface area contributed by atoms with Crippen LogP contribution in [0.4, 0.5) is 28.4 Å². The Balaban J connectivity index is 1.27. The van der Waals surface area contributed by atoms with Gasteiger partial charge < -0.3 is 9.71 Å². The van der Waals surface area contributed by atoms with Crippen molar-refractivity contribution in [3.63, 3.8) is 0 Å². The van der Waals surface area contributed by atoms with Gasteiger partial charge in [-0.1, -0.05) is 168 Å². The molecule has 0 radical (unpaired) electrons. The van der Waals surface area contributed by atoms with Crippen LogP contribution in [0.2, 0.25) is 0 Å². The number of rotatable bonds is 5. The van der Waals surface area contributed by atoms with E-state index in [1.165, 1.54) is 132 Å². The summed E-state index contributed by atoms with van der Waals surface area (Å²) in [6.45, 7) is 20.5. The molecule has 0 aliphatic carbocycles. The van der Waals surface area contributed by atoms with E-state index < -0.39 is 0 Å². The van der Waals surface area contributed by atoms with Crippen LogP contribution in [0.1, 0.15) is 69.4 Å². The molecule has 0 spiro atoms. The highest BCUT2D eigenvalue weighted by molar-refractivity contribution is 7.26. The van der Waals surface area contributed by atoms with Gasteiger partial charge in [0.1, 0.15) is 0 Å². The Kier molecular flexibility index (Phi) is 9.99. The fraction of sp³-hybridized carbons (Fsp3) is 0.169. The van der Waals surface area contributed by atoms with Gasteiger partial charge in [0.2, 0.25) is 0 Å². The van der Waals surface area contributed by atoms with Gasteiger partial charge in [0.25, 0.3) is 0 Å². The van der Waals surface area contributed by atoms with E-state index in [0.717, 1.165) is 0 Å². The number of thiophene rings is 1. The number of benzene rings is 9. The lowest BCUT2D eigenvalue weighted by Gasteiger charge is -2.47. The first kappa shape index (κ1) is 43.2. The monoisotopic (exact) mass is 908 g/mol. The summed E-state index contributed by atoms with van der Waals surface area (Å²) in [6.07, 6.45) is 0. The van der Waals surface area contributed by atoms with Gasteiger partial charge in [0, 0.05) is 43.3 Å². The molecule has 0 amide bonds. The maximum atomic E-state index is 2.70. The molecule has 4 heteroatoms. The van der Waals surface area contributed by atoms with Crippen LogP contribution in [0.25, 0.3) is 64.7 Å². The molecule has 2 nitrogen and oxygen atoms in total. The molecule has 0 saturated heterocycles. The van der Waals surface area contributed by atoms with E-state index in [4.69, 9.17) is 0 Å². The van der Waals surface area contributed by atoms with Crippen molar-refractivity contribution < 1.29 is 0 Å². The van der Waals surface area contributed by atoms with Crippen molar-refractivity contribution in [1.29, 1.82) is 0 Å². The van der Waals surface area contributed by atoms with Gasteiger partial charge in [-0.05, 0) is 170 Å². The summed E-state index contributed by atoms with van der Waals surface area (Å²) in [5.74, 6) is 0. The zero-order valence-corrected chi connectivity index (χ0v) is 42.0. The van der Waals surface area contributed by atoms with E-state index in [2.05, 4.69) is 254 Å². The Hall–Kier alpha value is -7.14. The minimum absolute atomic E-state index is 0.0138. The summed E-state index contributed by atoms with van der Waals surface area (Å²) < 4.78 is 2.61. The first-order valence-electron chi connectivity index (χ1n) is 24.5. The lowest BCUT2D eigenvalue weighted by atomic mass is 9.42. The van der Waals surface area contributed by atoms with E-state index in [1.807, 2.05) is 11.3 Å². The fourth-order valence-corrected chi connectivity index (χ4v) is 12.7. The Morgan fingerprint density at radius 1 is 0.420 bits per heavy atom. The Labute approximate surface area is 412 Å². The normalized spacial score (nSPS) is 13.2. The summed E-state index contributed by atoms with van der Waals surface area (Å²) in [4.78, 5) is 5.35. The topological polar surface area (TPSA) is 6.48 Å². The Morgan fingerprint density at radius 3 is 1.74 bits per heavy atom. The Morgan fingerprint density at radius 2 is 1.04 bits per heavy atom. The second-order valence-corrected chi connectivity index (χ2v) is 22.6. The van der Waals surface area contributed by atoms with Crippen LogP contribution in [-0.2, 0) is 10.8 Å². The van der Waals surface area contributed by atoms with Crippen molar-refractivity contribution >= 4 is 77.7 Å². The summed E-state index contributed by atoms with van der Waals surface area (Å²) in [7, 11) is 0. The maximum absolute atomic E-state index is 2.70. The van der Waals surface area contributed by atoms with Crippen LogP contribution in [0, 0.1) is 20.8 Å². The second kappa shape index (κ2) is 16.0. The number of hydrogen-bond donors (Lipinski definition) is 0. The molecule has 336 valence electrons. The zero-order valence-electron chi connectivity index (χ0n) is 41.2. The molecule has 3 heterocycles. The lowest BCUT2D eigenvalue weighted by molar-refractivity contribution is 0.590. The predicted molar refractivity (Wildman–Crippen MR) is 301 cm³/mol. The molecule has 9 aromatic carbocycles. The molecule has 0 bridgehead atoms. The van der Waals surface area contributed by atoms with Crippen molar-refractivity contribution in [3.05, 3.63) is 210 Å². The van der Waals surface area contributed by atoms with E-state index in [1.54, 1.807) is 0 Å². The van der Waals surface area contributed by atoms with Crippen LogP contribution < -0.4 is 20.6 Å². The molecule has 0 unspecified atom stereocenters. The van der Waals surface area contributed by atoms with E-state index in [0.29, 0.717) is 0 Å². The van der Waals surface area contributed by atoms with Crippen LogP contribution in [0.5, 0.6) is 0 Å². The van der Waals surface area contributed by atoms with Crippen molar-refractivity contribution in [2.75, 3.05) is 9.71 Å². The van der Waals surface area contributed by atoms with Gasteiger partial charge in [-0.3, -0.25) is 0 Å². The molecule has 2 aliphatic heterocycles. The first-order chi connectivity index (χ1) is 33.2. The van der Waals surface area contributed by atoms with Crippen LogP contribution in [0.15, 0.2) is 182 Å². The summed E-state index contributed by atoms with van der Waals surface area (Å²) in [6, 6.07) is 69.6. The van der Waals surface area contributed by atoms with Crippen molar-refractivity contribution in [1.82, 2.24) is 0 Å². The van der Waals surface area contributed by atoms with Crippen LogP contribution in [0.3, 0.4) is 0 Å². The molecule has 12 rings (SSSR count). The minimum atomic E-state index is -0.162. The van der Waals surface area contributed by atoms with Gasteiger partial charge in [0.05, 0.1) is 5.69 Å². The predicted octanol–water partition coefficient (Wildman–Crippen LogP) is 17.3. The summed E-state index contributed by atoms with van der Waals surface area (Å²) >= 11 is 1.91. The van der Waals surface area contributed by atoms with Crippen LogP contribution in [-0.4, -0.2) is 6.85 Å². The number of hydrogen-bond acceptors (Lipinski definition) is 3. The molecule has 0 N–H and O–H groups in total. The molecule has 10 aromatic rings. The molecule has 2 aliphatic rings. The third kappa shape index (κ3) is 7.06. The fourth-order valence-electron chi connectivity index (χ4n) is 11.6. The third-order valence-corrected chi connectivity index (χ3v) is 16.0. The highest BCUT2D eigenvalue weighted by atomic mass is 32.1. The smallest absolute Gasteiger partial charge is 0.333 e. The standard InChI is InChI=1S/C65H57BN2S/c1-40-34-41(2)60(42(3)35-40)46-36-53-50-30-24-45(43-18-12-10-13-19-43)37-56(50)68(49-28-25-47(26-29-49)64(4,5)6)66-62(53)57(38-46)67(55-32-33-59-61(63(55)66)51-22-16-17-23-58(51)69-59)54-31-27-48(65(7,8)9)39-52(54)44-20-14-11-15-21-44/h10-39H,1-9H3. The van der Waals surface area contributed by atoms with Crippen LogP contribution >= 0.6 is 11.3 Å². The number of anilines is 5. The van der Waals surface area contributed by atoms with Gasteiger partial charge in [-0.25, -0.2) is 0 Å². The SMILES string of the molecule is Cc1cc(C)c(-c2cc3c4c(c2)N(c2ccc(C(C)(C)C)cc2-c2ccccc2)c2ccc5sc6ccccc6c5c2B4N(c2ccc(C(C)(C)C)cc2)c2cc(-c4ccccc4)ccc2-3)c(C)c1. The first-order valence-corrected chi connectivity index (χ1v) is 25.3. The van der Waals surface area contributed by atoms with Gasteiger partial charge in [-0.2, -0.15) is 0 Å². The quantitative estimate of drug-likeness (QED) is 0.159. The van der Waals surface area contributed by atoms with Gasteiger partial charge in [0.15, 0.2) is 0 Å². The van der Waals surface area contributed by atoms with E-state index >= 15 is 0 Å². The molecule has 1 aromatic heterocycles. The lowest BCUT2D eigenvalue weighted by Crippen LogP contribution is -2.61. The average Bonchev–Trinajstić information content (AvgIpc) is 3.72. The number of fused-ring (bicyclic) bond motifs is 8. The molecular formula is C65H57BN2S. The molecule has 0 atom stereocenters. The highest BCUT2D eigenvalue weighted by Crippen LogP contribution is 2.52. The zero-order chi connectivity index (χ0) is 47.5. The summed E-state index contributed by atoms with van der Waals surface area (Å²) in [5.41, 5.74) is 25.1. The van der Waals surface area contributed by atoms with Crippen molar-refractivity contribution in [3.8, 4) is 44.5 Å². The maximum Gasteiger partial charge on any atom is 0.333 e. The van der Waals surface area contributed by atoms with Crippen molar-refractivity contribution in [2.24, 2.45) is 0 Å². The molecule has 0 saturated carbocycles. The molecule has 69 heavy (non-hydrogen) atoms. The molecular weight excluding hydrogens is 852 g/mol. The minimum Gasteiger partial charge on any atom is -0.376 e. The number of nitrogens with zero attached hydrogens (tertiary/aromatic N) is 2. The number of aryl methyl sites for hydroxylation is 3. The average molecular weight is 909 g/mol. The van der Waals surface area contributed by atoms with Gasteiger partial charge in [-0.15, -0.1) is 11.3 Å². The highest BCUT2D eigenvalue weighted by Gasteiger charge is 2.47. The second-order valence-electron chi connectivity index (χ2n) is 21.6. The summed E-state index contributed by atoms with van der Waals surface area (Å²) in [5, 5.41) is 2.64. The third-order valence-electron chi connectivity index (χ3n) is 14.8. The van der Waals surface area contributed by atoms with Gasteiger partial charge >= 0.3 is 6.85 Å². The van der Waals surface area contributed by atoms with E-state index in [9.17, 15) is 0 Å². The van der Waals surface area contributed by atoms with Crippen molar-refractivity contribution in [2.45, 2.75) is 73.1 Å². The largest absolute Gasteiger partial charge is 0.376 e. The van der Waals surface area contributed by atoms with E-state index in [-0.39, 0.29) is 17.7 Å². The molecule has 0 fully saturated rings. The Bertz CT molecular complexity index is 3640.